The Kier molecular flexibility index (Phi) is 3.77. The van der Waals surface area contributed by atoms with Crippen molar-refractivity contribution < 1.29 is 9.59 Å². The number of amides is 2. The number of aliphatic imine (C=N–C) groups is 1. The van der Waals surface area contributed by atoms with Crippen molar-refractivity contribution in [3.05, 3.63) is 58.1 Å². The molecular formula is C16H12BrN3O2. The number of rotatable bonds is 3. The van der Waals surface area contributed by atoms with Gasteiger partial charge in [-0.05, 0) is 42.0 Å². The summed E-state index contributed by atoms with van der Waals surface area (Å²) in [6.45, 7) is 0. The molecule has 5 nitrogen and oxygen atoms in total. The Hall–Kier alpha value is -2.47. The molecule has 3 rings (SSSR count). The Morgan fingerprint density at radius 2 is 1.95 bits per heavy atom. The number of carbonyl (C=O) groups excluding carboxylic acids is 2. The van der Waals surface area contributed by atoms with E-state index in [1.165, 1.54) is 0 Å². The normalized spacial score (nSPS) is 16.6. The first-order chi connectivity index (χ1) is 10.5. The van der Waals surface area contributed by atoms with E-state index < -0.39 is 11.8 Å². The van der Waals surface area contributed by atoms with E-state index in [2.05, 4.69) is 26.2 Å². The summed E-state index contributed by atoms with van der Waals surface area (Å²) in [7, 11) is 0. The molecule has 1 unspecified atom stereocenters. The van der Waals surface area contributed by atoms with Crippen LogP contribution in [0, 0.1) is 0 Å². The summed E-state index contributed by atoms with van der Waals surface area (Å²) < 4.78 is 0.908. The van der Waals surface area contributed by atoms with Crippen LogP contribution in [-0.2, 0) is 4.79 Å². The van der Waals surface area contributed by atoms with Gasteiger partial charge in [-0.2, -0.15) is 0 Å². The van der Waals surface area contributed by atoms with Crippen molar-refractivity contribution in [1.29, 1.82) is 0 Å². The standard InChI is InChI=1S/C16H12BrN3O2/c17-10-3-6-12-13(16(22)20-14(12)7-10)8-19-11-4-1-9(2-5-11)15(18)21/h1-8,13H,(H2,18,21)(H,20,22). The van der Waals surface area contributed by atoms with Crippen LogP contribution in [-0.4, -0.2) is 18.0 Å². The molecule has 1 aliphatic heterocycles. The number of benzene rings is 2. The van der Waals surface area contributed by atoms with Crippen LogP contribution in [0.3, 0.4) is 0 Å². The second kappa shape index (κ2) is 5.73. The summed E-state index contributed by atoms with van der Waals surface area (Å²) in [5.74, 6) is -1.00. The molecule has 22 heavy (non-hydrogen) atoms. The van der Waals surface area contributed by atoms with Gasteiger partial charge in [0.15, 0.2) is 0 Å². The molecule has 1 heterocycles. The summed E-state index contributed by atoms with van der Waals surface area (Å²) in [4.78, 5) is 27.4. The van der Waals surface area contributed by atoms with Gasteiger partial charge in [0.2, 0.25) is 11.8 Å². The minimum Gasteiger partial charge on any atom is -0.366 e. The van der Waals surface area contributed by atoms with Crippen LogP contribution in [0.15, 0.2) is 51.9 Å². The third-order valence-electron chi connectivity index (χ3n) is 3.42. The second-order valence-corrected chi connectivity index (χ2v) is 5.80. The number of nitrogens with zero attached hydrogens (tertiary/aromatic N) is 1. The molecule has 2 amide bonds. The molecule has 1 aliphatic rings. The van der Waals surface area contributed by atoms with Gasteiger partial charge < -0.3 is 11.1 Å². The van der Waals surface area contributed by atoms with Crippen molar-refractivity contribution in [2.75, 3.05) is 5.32 Å². The third-order valence-corrected chi connectivity index (χ3v) is 3.91. The number of hydrogen-bond donors (Lipinski definition) is 2. The Labute approximate surface area is 135 Å². The summed E-state index contributed by atoms with van der Waals surface area (Å²) in [5, 5.41) is 2.83. The molecule has 2 aromatic carbocycles. The van der Waals surface area contributed by atoms with Gasteiger partial charge >= 0.3 is 0 Å². The smallest absolute Gasteiger partial charge is 0.248 e. The van der Waals surface area contributed by atoms with Crippen LogP contribution < -0.4 is 11.1 Å². The number of hydrogen-bond acceptors (Lipinski definition) is 3. The number of anilines is 1. The Bertz CT molecular complexity index is 784. The lowest BCUT2D eigenvalue weighted by atomic mass is 10.0. The zero-order valence-corrected chi connectivity index (χ0v) is 13.0. The SMILES string of the molecule is NC(=O)c1ccc(N=CC2C(=O)Nc3cc(Br)ccc32)cc1. The molecule has 110 valence electrons. The van der Waals surface area contributed by atoms with E-state index in [1.54, 1.807) is 30.5 Å². The van der Waals surface area contributed by atoms with Crippen molar-refractivity contribution in [2.24, 2.45) is 10.7 Å². The Balaban J connectivity index is 1.84. The maximum Gasteiger partial charge on any atom is 0.248 e. The van der Waals surface area contributed by atoms with Crippen molar-refractivity contribution in [2.45, 2.75) is 5.92 Å². The van der Waals surface area contributed by atoms with Gasteiger partial charge in [-0.25, -0.2) is 0 Å². The molecule has 0 saturated carbocycles. The van der Waals surface area contributed by atoms with Gasteiger partial charge in [-0.1, -0.05) is 22.0 Å². The number of fused-ring (bicyclic) bond motifs is 1. The first kappa shape index (κ1) is 14.5. The number of primary amides is 1. The molecular weight excluding hydrogens is 346 g/mol. The number of carbonyl (C=O) groups is 2. The monoisotopic (exact) mass is 357 g/mol. The highest BCUT2D eigenvalue weighted by Crippen LogP contribution is 2.33. The average molecular weight is 358 g/mol. The fourth-order valence-corrected chi connectivity index (χ4v) is 2.64. The van der Waals surface area contributed by atoms with E-state index in [0.29, 0.717) is 11.3 Å². The maximum atomic E-state index is 12.0. The fourth-order valence-electron chi connectivity index (χ4n) is 2.28. The van der Waals surface area contributed by atoms with Crippen molar-refractivity contribution >= 4 is 45.3 Å². The van der Waals surface area contributed by atoms with Gasteiger partial charge in [-0.15, -0.1) is 0 Å². The quantitative estimate of drug-likeness (QED) is 0.827. The van der Waals surface area contributed by atoms with E-state index in [0.717, 1.165) is 15.7 Å². The molecule has 3 N–H and O–H groups in total. The molecule has 0 radical (unpaired) electrons. The Morgan fingerprint density at radius 3 is 2.64 bits per heavy atom. The largest absolute Gasteiger partial charge is 0.366 e. The highest BCUT2D eigenvalue weighted by Gasteiger charge is 2.28. The lowest BCUT2D eigenvalue weighted by molar-refractivity contribution is -0.115. The van der Waals surface area contributed by atoms with Crippen LogP contribution >= 0.6 is 15.9 Å². The topological polar surface area (TPSA) is 84.6 Å². The van der Waals surface area contributed by atoms with Gasteiger partial charge in [0.1, 0.15) is 5.92 Å². The van der Waals surface area contributed by atoms with Gasteiger partial charge in [0, 0.05) is 21.9 Å². The van der Waals surface area contributed by atoms with E-state index in [-0.39, 0.29) is 5.91 Å². The van der Waals surface area contributed by atoms with E-state index in [1.807, 2.05) is 18.2 Å². The van der Waals surface area contributed by atoms with Gasteiger partial charge in [0.05, 0.1) is 5.69 Å². The predicted molar refractivity (Wildman–Crippen MR) is 88.6 cm³/mol. The average Bonchev–Trinajstić information content (AvgIpc) is 2.80. The summed E-state index contributed by atoms with van der Waals surface area (Å²) in [5.41, 5.74) is 7.95. The van der Waals surface area contributed by atoms with Crippen molar-refractivity contribution in [3.63, 3.8) is 0 Å². The van der Waals surface area contributed by atoms with Crippen LogP contribution in [0.1, 0.15) is 21.8 Å². The Morgan fingerprint density at radius 1 is 1.23 bits per heavy atom. The maximum absolute atomic E-state index is 12.0. The van der Waals surface area contributed by atoms with Crippen LogP contribution in [0.5, 0.6) is 0 Å². The van der Waals surface area contributed by atoms with Gasteiger partial charge in [-0.3, -0.25) is 14.6 Å². The number of nitrogens with two attached hydrogens (primary N) is 1. The fraction of sp³-hybridized carbons (Fsp3) is 0.0625. The van der Waals surface area contributed by atoms with Crippen molar-refractivity contribution in [1.82, 2.24) is 0 Å². The molecule has 0 spiro atoms. The third kappa shape index (κ3) is 2.78. The summed E-state index contributed by atoms with van der Waals surface area (Å²) in [6, 6.07) is 12.2. The zero-order valence-electron chi connectivity index (χ0n) is 11.4. The second-order valence-electron chi connectivity index (χ2n) is 4.89. The van der Waals surface area contributed by atoms with Crippen molar-refractivity contribution in [3.8, 4) is 0 Å². The molecule has 0 bridgehead atoms. The lowest BCUT2D eigenvalue weighted by Gasteiger charge is -2.02. The van der Waals surface area contributed by atoms with Crippen LogP contribution in [0.25, 0.3) is 0 Å². The molecule has 0 saturated heterocycles. The first-order valence-corrected chi connectivity index (χ1v) is 7.38. The zero-order chi connectivity index (χ0) is 15.7. The molecule has 6 heteroatoms. The van der Waals surface area contributed by atoms with E-state index >= 15 is 0 Å². The predicted octanol–water partition coefficient (Wildman–Crippen LogP) is 2.99. The molecule has 0 aromatic heterocycles. The minimum absolute atomic E-state index is 0.106. The molecule has 0 aliphatic carbocycles. The lowest BCUT2D eigenvalue weighted by Crippen LogP contribution is -2.12. The van der Waals surface area contributed by atoms with Gasteiger partial charge in [0.25, 0.3) is 0 Å². The summed E-state index contributed by atoms with van der Waals surface area (Å²) in [6.07, 6.45) is 1.61. The number of halogens is 1. The van der Waals surface area contributed by atoms with Crippen LogP contribution in [0.4, 0.5) is 11.4 Å². The molecule has 1 atom stereocenters. The highest BCUT2D eigenvalue weighted by atomic mass is 79.9. The molecule has 0 fully saturated rings. The van der Waals surface area contributed by atoms with E-state index in [9.17, 15) is 9.59 Å². The van der Waals surface area contributed by atoms with E-state index in [4.69, 9.17) is 5.73 Å². The number of nitrogens with one attached hydrogen (secondary N) is 1. The highest BCUT2D eigenvalue weighted by molar-refractivity contribution is 9.10. The molecule has 2 aromatic rings. The minimum atomic E-state index is -0.481. The first-order valence-electron chi connectivity index (χ1n) is 6.59. The summed E-state index contributed by atoms with van der Waals surface area (Å²) >= 11 is 3.38. The van der Waals surface area contributed by atoms with Crippen LogP contribution in [0.2, 0.25) is 0 Å².